The summed E-state index contributed by atoms with van der Waals surface area (Å²) in [6.45, 7) is 2.24. The molecule has 2 N–H and O–H groups in total. The molecule has 0 saturated carbocycles. The number of allylic oxidation sites excluding steroid dienone is 4. The Hall–Kier alpha value is -16.9. The van der Waals surface area contributed by atoms with E-state index in [1.807, 2.05) is 0 Å². The largest absolute Gasteiger partial charge is 0.456 e. The molecule has 129 heavy (non-hydrogen) atoms. The average molecular weight is 1650 g/mol. The fourth-order valence-electron chi connectivity index (χ4n) is 19.6. The van der Waals surface area contributed by atoms with Crippen LogP contribution >= 0.6 is 0 Å². The van der Waals surface area contributed by atoms with Gasteiger partial charge in [-0.25, -0.2) is 9.98 Å². The molecule has 0 aliphatic carbocycles. The molecule has 0 fully saturated rings. The van der Waals surface area contributed by atoms with Crippen LogP contribution in [0.5, 0.6) is 0 Å². The van der Waals surface area contributed by atoms with Gasteiger partial charge in [0.25, 0.3) is 0 Å². The second kappa shape index (κ2) is 32.0. The Morgan fingerprint density at radius 3 is 1.16 bits per heavy atom. The van der Waals surface area contributed by atoms with Gasteiger partial charge in [-0.3, -0.25) is 0 Å². The summed E-state index contributed by atoms with van der Waals surface area (Å²) in [5.41, 5.74) is 36.5. The molecule has 24 rings (SSSR count). The first kappa shape index (κ1) is 75.8. The summed E-state index contributed by atoms with van der Waals surface area (Å²) >= 11 is 0. The molecule has 608 valence electrons. The number of furan rings is 2. The molecule has 4 aromatic heterocycles. The van der Waals surface area contributed by atoms with Gasteiger partial charge in [0.05, 0.1) is 33.5 Å². The van der Waals surface area contributed by atoms with Crippen molar-refractivity contribution in [3.8, 4) is 89.3 Å². The summed E-state index contributed by atoms with van der Waals surface area (Å²) in [5.74, 6) is 1.48. The van der Waals surface area contributed by atoms with Crippen molar-refractivity contribution in [3.05, 3.63) is 482 Å². The van der Waals surface area contributed by atoms with E-state index in [1.165, 1.54) is 27.4 Å². The number of aliphatic imine (C=N–C) groups is 2. The summed E-state index contributed by atoms with van der Waals surface area (Å²) < 4.78 is 18.5. The highest BCUT2D eigenvalue weighted by molar-refractivity contribution is 6.19. The first-order valence-corrected chi connectivity index (χ1v) is 44.2. The Balaban J connectivity index is 0.605. The predicted octanol–water partition coefficient (Wildman–Crippen LogP) is 31.4. The molecule has 8 nitrogen and oxygen atoms in total. The van der Waals surface area contributed by atoms with E-state index < -0.39 is 0 Å². The zero-order valence-corrected chi connectivity index (χ0v) is 70.7. The lowest BCUT2D eigenvalue weighted by atomic mass is 9.91. The van der Waals surface area contributed by atoms with E-state index in [4.69, 9.17) is 18.8 Å². The van der Waals surface area contributed by atoms with E-state index in [2.05, 4.69) is 470 Å². The zero-order valence-electron chi connectivity index (χ0n) is 70.7. The number of aromatic nitrogens is 2. The number of rotatable bonds is 15. The minimum absolute atomic E-state index is 0.583. The molecule has 0 unspecified atom stereocenters. The Morgan fingerprint density at radius 2 is 0.620 bits per heavy atom. The van der Waals surface area contributed by atoms with Gasteiger partial charge in [0.15, 0.2) is 0 Å². The van der Waals surface area contributed by atoms with Gasteiger partial charge in [0.2, 0.25) is 0 Å². The lowest BCUT2D eigenvalue weighted by Gasteiger charge is -2.22. The normalized spacial score (nSPS) is 13.7. The molecule has 8 heteroatoms. The van der Waals surface area contributed by atoms with E-state index in [9.17, 15) is 0 Å². The number of hydrogen-bond donors (Lipinski definition) is 2. The highest BCUT2D eigenvalue weighted by atomic mass is 16.3. The lowest BCUT2D eigenvalue weighted by Crippen LogP contribution is -2.26. The SMILES string of the molecule is CC1=C(c2cccc3oc4ccc(-c5ccc6c(c5)c5cc(-c7ccc(C8=CCC=C(c9cccc%10oc%11ccc(-c%12ccc%13c(c%12)c%12ccccc%12n%13-c%12ccccc%12)cc%11c9%10)N=C(c9ccccc9-c9ccccc9)N8)c(-c8ccccc8)c7)ccc5n6-c5ccccc5)cc4c23)NC(c2ccccc2-c2ccccc2)=N/C(c2ccc(-c3ccccc3)cc2)=C/C1. The summed E-state index contributed by atoms with van der Waals surface area (Å²) in [6, 6.07) is 153. The van der Waals surface area contributed by atoms with Crippen molar-refractivity contribution >= 4 is 122 Å². The molecule has 0 amide bonds. The maximum atomic E-state index is 6.90. The fourth-order valence-corrected chi connectivity index (χ4v) is 19.6. The van der Waals surface area contributed by atoms with Crippen molar-refractivity contribution in [2.75, 3.05) is 0 Å². The maximum absolute atomic E-state index is 6.90. The van der Waals surface area contributed by atoms with Crippen LogP contribution in [0.4, 0.5) is 0 Å². The molecule has 2 aliphatic rings. The van der Waals surface area contributed by atoms with Gasteiger partial charge in [0.1, 0.15) is 34.0 Å². The van der Waals surface area contributed by atoms with Crippen molar-refractivity contribution in [1.82, 2.24) is 19.8 Å². The van der Waals surface area contributed by atoms with Gasteiger partial charge in [-0.05, 0) is 218 Å². The topological polar surface area (TPSA) is 84.9 Å². The molecule has 22 aromatic rings. The van der Waals surface area contributed by atoms with Crippen molar-refractivity contribution in [2.45, 2.75) is 19.8 Å². The monoisotopic (exact) mass is 1650 g/mol. The van der Waals surface area contributed by atoms with Gasteiger partial charge in [-0.2, -0.15) is 0 Å². The van der Waals surface area contributed by atoms with Gasteiger partial charge < -0.3 is 28.6 Å². The molecule has 0 radical (unpaired) electrons. The number of amidine groups is 2. The van der Waals surface area contributed by atoms with Crippen LogP contribution in [0.1, 0.15) is 53.1 Å². The van der Waals surface area contributed by atoms with E-state index in [0.29, 0.717) is 12.8 Å². The lowest BCUT2D eigenvalue weighted by molar-refractivity contribution is 0.668. The van der Waals surface area contributed by atoms with Crippen LogP contribution in [0.2, 0.25) is 0 Å². The number of para-hydroxylation sites is 3. The van der Waals surface area contributed by atoms with Crippen LogP contribution in [0.25, 0.3) is 200 Å². The van der Waals surface area contributed by atoms with Gasteiger partial charge in [-0.1, -0.05) is 334 Å². The van der Waals surface area contributed by atoms with Crippen LogP contribution in [0, 0.1) is 0 Å². The predicted molar refractivity (Wildman–Crippen MR) is 539 cm³/mol. The van der Waals surface area contributed by atoms with E-state index in [0.717, 1.165) is 223 Å². The molecule has 18 aromatic carbocycles. The van der Waals surface area contributed by atoms with Crippen LogP contribution < -0.4 is 10.6 Å². The quantitative estimate of drug-likeness (QED) is 0.107. The van der Waals surface area contributed by atoms with Crippen LogP contribution in [-0.2, 0) is 0 Å². The molecule has 0 atom stereocenters. The second-order valence-electron chi connectivity index (χ2n) is 33.5. The molecule has 0 spiro atoms. The first-order valence-electron chi connectivity index (χ1n) is 44.2. The van der Waals surface area contributed by atoms with Crippen LogP contribution in [0.3, 0.4) is 0 Å². The van der Waals surface area contributed by atoms with Gasteiger partial charge in [-0.15, -0.1) is 0 Å². The average Bonchev–Trinajstić information content (AvgIpc) is 1.61. The molecule has 0 bridgehead atoms. The third kappa shape index (κ3) is 13.7. The minimum Gasteiger partial charge on any atom is -0.456 e. The van der Waals surface area contributed by atoms with E-state index in [-0.39, 0.29) is 0 Å². The third-order valence-corrected chi connectivity index (χ3v) is 25.8. The Kier molecular flexibility index (Phi) is 18.8. The van der Waals surface area contributed by atoms with Crippen molar-refractivity contribution in [2.24, 2.45) is 9.98 Å². The summed E-state index contributed by atoms with van der Waals surface area (Å²) in [5, 5.41) is 17.0. The highest BCUT2D eigenvalue weighted by Gasteiger charge is 2.27. The maximum Gasteiger partial charge on any atom is 0.138 e. The van der Waals surface area contributed by atoms with Gasteiger partial charge in [0, 0.05) is 93.7 Å². The molecule has 2 aliphatic heterocycles. The van der Waals surface area contributed by atoms with Crippen LogP contribution in [-0.4, -0.2) is 20.8 Å². The van der Waals surface area contributed by atoms with Crippen LogP contribution in [0.15, 0.2) is 467 Å². The minimum atomic E-state index is 0.583. The fraction of sp³-hybridized carbons (Fsp3) is 0.0248. The second-order valence-corrected chi connectivity index (χ2v) is 33.5. The van der Waals surface area contributed by atoms with E-state index in [1.54, 1.807) is 0 Å². The number of nitrogens with zero attached hydrogens (tertiary/aromatic N) is 4. The number of benzene rings is 18. The number of nitrogens with one attached hydrogen (secondary N) is 2. The number of fused-ring (bicyclic) bond motifs is 12. The van der Waals surface area contributed by atoms with Crippen molar-refractivity contribution < 1.29 is 8.83 Å². The zero-order chi connectivity index (χ0) is 85.4. The third-order valence-electron chi connectivity index (χ3n) is 25.8. The highest BCUT2D eigenvalue weighted by Crippen LogP contribution is 2.46. The molecular weight excluding hydrogens is 1570 g/mol. The van der Waals surface area contributed by atoms with Crippen molar-refractivity contribution in [1.29, 1.82) is 0 Å². The van der Waals surface area contributed by atoms with E-state index >= 15 is 0 Å². The molecular formula is C121H82N6O2. The summed E-state index contributed by atoms with van der Waals surface area (Å²) in [4.78, 5) is 11.5. The molecule has 6 heterocycles. The Bertz CT molecular complexity index is 8430. The standard InChI is InChI=1S/C121H82N6O2/c1-77-53-65-106(83-56-54-79(55-57-83)78-29-8-2-9-30-78)122-121(97-45-23-21-42-93(97)81-33-12-4-13-34-81)125-119(77)99-47-27-52-116-118(99)105-76-89(63-70-114(105)129-116)87-61-68-112-103(74-87)102-73-86(60-67-111(102)127(112)91-39-18-7-19-40-91)84-58-64-94(100(71-84)82-35-14-5-15-36-82)107-48-28-49-108(124-120(123-107)96-44-22-20-41-92(96)80-31-10-3-11-32-80)98-46-26-51-115-117(98)104-75-88(62-69-113(104)128-115)85-59-66-110-101(72-85)95-43-24-25-50-109(95)126(110)90-37-16-6-17-38-90/h2-27,29-52,54-76H,28,53H2,1H3,(H,122,125)(H,123,124)/b106-65+,107-48?,108-49?,119-77?. The summed E-state index contributed by atoms with van der Waals surface area (Å²) in [6.07, 6.45) is 8.15. The first-order chi connectivity index (χ1) is 63.9. The number of hydrogen-bond acceptors (Lipinski definition) is 6. The van der Waals surface area contributed by atoms with Gasteiger partial charge >= 0.3 is 0 Å². The Morgan fingerprint density at radius 1 is 0.240 bits per heavy atom. The van der Waals surface area contributed by atoms with Crippen molar-refractivity contribution in [3.63, 3.8) is 0 Å². The summed E-state index contributed by atoms with van der Waals surface area (Å²) in [7, 11) is 0. The Labute approximate surface area is 746 Å². The molecule has 0 saturated heterocycles. The smallest absolute Gasteiger partial charge is 0.138 e.